The zero-order chi connectivity index (χ0) is 21.0. The van der Waals surface area contributed by atoms with Gasteiger partial charge in [0.05, 0.1) is 17.6 Å². The Bertz CT molecular complexity index is 921. The van der Waals surface area contributed by atoms with Crippen molar-refractivity contribution in [3.05, 3.63) is 44.6 Å². The quantitative estimate of drug-likeness (QED) is 0.806. The number of nitrogens with two attached hydrogens (primary N) is 1. The van der Waals surface area contributed by atoms with Gasteiger partial charge in [-0.25, -0.2) is 5.01 Å². The molecule has 1 aromatic rings. The molecule has 0 saturated heterocycles. The molecule has 1 aromatic heterocycles. The predicted molar refractivity (Wildman–Crippen MR) is 113 cm³/mol. The normalized spacial score (nSPS) is 22.6. The van der Waals surface area contributed by atoms with E-state index in [0.717, 1.165) is 22.6 Å². The van der Waals surface area contributed by atoms with Gasteiger partial charge in [0.15, 0.2) is 5.78 Å². The number of hydrogen-bond donors (Lipinski definition) is 1. The van der Waals surface area contributed by atoms with Crippen LogP contribution in [0.2, 0.25) is 0 Å². The van der Waals surface area contributed by atoms with E-state index in [9.17, 15) is 10.1 Å². The van der Waals surface area contributed by atoms with E-state index < -0.39 is 0 Å². The van der Waals surface area contributed by atoms with Gasteiger partial charge < -0.3 is 5.73 Å². The van der Waals surface area contributed by atoms with E-state index in [1.807, 2.05) is 24.1 Å². The topological polar surface area (TPSA) is 73.4 Å². The molecule has 3 rings (SSSR count). The fraction of sp³-hybridized carbons (Fsp3) is 0.545. The van der Waals surface area contributed by atoms with E-state index in [1.54, 1.807) is 11.3 Å². The molecule has 0 radical (unpaired) electrons. The Morgan fingerprint density at radius 1 is 1.29 bits per heavy atom. The minimum absolute atomic E-state index is 0.0189. The van der Waals surface area contributed by atoms with E-state index in [4.69, 9.17) is 5.73 Å². The van der Waals surface area contributed by atoms with E-state index in [0.29, 0.717) is 17.8 Å². The molecule has 0 fully saturated rings. The maximum absolute atomic E-state index is 13.3. The van der Waals surface area contributed by atoms with E-state index in [-0.39, 0.29) is 22.5 Å². The summed E-state index contributed by atoms with van der Waals surface area (Å²) in [6.07, 6.45) is 1.24. The van der Waals surface area contributed by atoms with Gasteiger partial charge in [0.25, 0.3) is 0 Å². The second kappa shape index (κ2) is 6.75. The van der Waals surface area contributed by atoms with Crippen molar-refractivity contribution in [2.45, 2.75) is 58.8 Å². The molecule has 1 aliphatic carbocycles. The summed E-state index contributed by atoms with van der Waals surface area (Å²) in [5, 5.41) is 13.7. The molecule has 2 aliphatic rings. The number of thiophene rings is 1. The highest BCUT2D eigenvalue weighted by atomic mass is 32.1. The van der Waals surface area contributed by atoms with Crippen LogP contribution in [0.1, 0.15) is 63.1 Å². The summed E-state index contributed by atoms with van der Waals surface area (Å²) < 4.78 is 0. The maximum atomic E-state index is 13.3. The highest BCUT2D eigenvalue weighted by Crippen LogP contribution is 2.50. The third-order valence-corrected chi connectivity index (χ3v) is 6.98. The zero-order valence-electron chi connectivity index (χ0n) is 17.9. The van der Waals surface area contributed by atoms with Crippen LogP contribution < -0.4 is 5.73 Å². The molecule has 150 valence electrons. The highest BCUT2D eigenvalue weighted by molar-refractivity contribution is 7.12. The Labute approximate surface area is 172 Å². The lowest BCUT2D eigenvalue weighted by atomic mass is 9.70. The van der Waals surface area contributed by atoms with Crippen molar-refractivity contribution in [2.75, 3.05) is 14.1 Å². The van der Waals surface area contributed by atoms with Gasteiger partial charge in [-0.2, -0.15) is 5.26 Å². The van der Waals surface area contributed by atoms with Gasteiger partial charge >= 0.3 is 0 Å². The van der Waals surface area contributed by atoms with Crippen molar-refractivity contribution < 1.29 is 4.79 Å². The lowest BCUT2D eigenvalue weighted by Gasteiger charge is -2.45. The van der Waals surface area contributed by atoms with Crippen LogP contribution in [0.25, 0.3) is 0 Å². The Hall–Kier alpha value is -2.10. The first-order valence-electron chi connectivity index (χ1n) is 9.61. The summed E-state index contributed by atoms with van der Waals surface area (Å²) in [6.45, 7) is 10.7. The summed E-state index contributed by atoms with van der Waals surface area (Å²) in [5.41, 5.74) is 8.51. The monoisotopic (exact) mass is 398 g/mol. The molecule has 0 bridgehead atoms. The molecule has 0 unspecified atom stereocenters. The number of Topliss-reactive ketones (excluding diaryl/α,β-unsaturated/α-hetero) is 1. The number of hydrogen-bond acceptors (Lipinski definition) is 6. The number of allylic oxidation sites excluding steroid dienone is 3. The second-order valence-corrected chi connectivity index (χ2v) is 10.9. The van der Waals surface area contributed by atoms with Gasteiger partial charge in [-0.05, 0) is 29.4 Å². The molecular formula is C22H30N4OS. The third kappa shape index (κ3) is 3.38. The van der Waals surface area contributed by atoms with E-state index >= 15 is 0 Å². The number of nitriles is 1. The number of rotatable bonds is 2. The van der Waals surface area contributed by atoms with Crippen LogP contribution in [0.5, 0.6) is 0 Å². The van der Waals surface area contributed by atoms with Crippen molar-refractivity contribution in [1.29, 1.82) is 5.26 Å². The van der Waals surface area contributed by atoms with Gasteiger partial charge in [0, 0.05) is 41.5 Å². The number of ketones is 1. The minimum Gasteiger partial charge on any atom is -0.383 e. The molecule has 0 aromatic carbocycles. The number of hydrazine groups is 1. The van der Waals surface area contributed by atoms with Crippen LogP contribution in [0.15, 0.2) is 34.8 Å². The maximum Gasteiger partial charge on any atom is 0.162 e. The molecule has 0 amide bonds. The van der Waals surface area contributed by atoms with Crippen molar-refractivity contribution in [2.24, 2.45) is 11.1 Å². The Morgan fingerprint density at radius 3 is 2.43 bits per heavy atom. The molecule has 5 nitrogen and oxygen atoms in total. The van der Waals surface area contributed by atoms with Crippen LogP contribution >= 0.6 is 11.3 Å². The van der Waals surface area contributed by atoms with Crippen molar-refractivity contribution >= 4 is 17.1 Å². The Morgan fingerprint density at radius 2 is 1.93 bits per heavy atom. The summed E-state index contributed by atoms with van der Waals surface area (Å²) >= 11 is 1.68. The molecule has 28 heavy (non-hydrogen) atoms. The van der Waals surface area contributed by atoms with Crippen molar-refractivity contribution in [3.8, 4) is 6.07 Å². The van der Waals surface area contributed by atoms with Crippen LogP contribution in [0.3, 0.4) is 0 Å². The summed E-state index contributed by atoms with van der Waals surface area (Å²) in [6, 6.07) is 6.49. The molecule has 2 heterocycles. The zero-order valence-corrected chi connectivity index (χ0v) is 18.7. The van der Waals surface area contributed by atoms with E-state index in [1.165, 1.54) is 4.88 Å². The SMILES string of the molecule is CN(C)N1C(N)=C(C#N)[C@H](c2ccc(C(C)(C)C)s2)C2=C1CC(C)(C)CC2=O. The molecule has 0 spiro atoms. The lowest BCUT2D eigenvalue weighted by molar-refractivity contribution is -0.119. The van der Waals surface area contributed by atoms with Crippen molar-refractivity contribution in [1.82, 2.24) is 10.0 Å². The predicted octanol–water partition coefficient (Wildman–Crippen LogP) is 4.26. The van der Waals surface area contributed by atoms with Crippen LogP contribution in [0, 0.1) is 16.7 Å². The first-order valence-corrected chi connectivity index (χ1v) is 10.4. The average Bonchev–Trinajstić information content (AvgIpc) is 3.01. The molecule has 1 atom stereocenters. The summed E-state index contributed by atoms with van der Waals surface area (Å²) in [5.74, 6) is 0.169. The first-order chi connectivity index (χ1) is 12.9. The summed E-state index contributed by atoms with van der Waals surface area (Å²) in [4.78, 5) is 15.5. The van der Waals surface area contributed by atoms with Gasteiger partial charge in [-0.15, -0.1) is 11.3 Å². The number of nitrogens with zero attached hydrogens (tertiary/aromatic N) is 3. The van der Waals surface area contributed by atoms with Gasteiger partial charge in [-0.3, -0.25) is 9.80 Å². The van der Waals surface area contributed by atoms with E-state index in [2.05, 4.69) is 52.8 Å². The number of carbonyl (C=O) groups excluding carboxylic acids is 1. The fourth-order valence-corrected chi connectivity index (χ4v) is 5.33. The molecule has 2 N–H and O–H groups in total. The van der Waals surface area contributed by atoms with Crippen LogP contribution in [-0.4, -0.2) is 29.9 Å². The van der Waals surface area contributed by atoms with Crippen molar-refractivity contribution in [3.63, 3.8) is 0 Å². The Balaban J connectivity index is 2.25. The smallest absolute Gasteiger partial charge is 0.162 e. The molecular weight excluding hydrogens is 368 g/mol. The minimum atomic E-state index is -0.374. The molecule has 0 saturated carbocycles. The average molecular weight is 399 g/mol. The van der Waals surface area contributed by atoms with Gasteiger partial charge in [-0.1, -0.05) is 34.6 Å². The number of carbonyl (C=O) groups is 1. The molecule has 1 aliphatic heterocycles. The Kier molecular flexibility index (Phi) is 4.97. The van der Waals surface area contributed by atoms with Crippen LogP contribution in [-0.2, 0) is 10.2 Å². The van der Waals surface area contributed by atoms with Crippen LogP contribution in [0.4, 0.5) is 0 Å². The van der Waals surface area contributed by atoms with Gasteiger partial charge in [0.1, 0.15) is 5.82 Å². The largest absolute Gasteiger partial charge is 0.383 e. The first kappa shape index (κ1) is 20.6. The third-order valence-electron chi connectivity index (χ3n) is 5.40. The highest BCUT2D eigenvalue weighted by Gasteiger charge is 2.45. The summed E-state index contributed by atoms with van der Waals surface area (Å²) in [7, 11) is 3.78. The molecule has 6 heteroatoms. The fourth-order valence-electron chi connectivity index (χ4n) is 4.14. The lowest BCUT2D eigenvalue weighted by Crippen LogP contribution is -2.47. The van der Waals surface area contributed by atoms with Gasteiger partial charge in [0.2, 0.25) is 0 Å². The second-order valence-electron chi connectivity index (χ2n) is 9.76. The standard InChI is InChI=1S/C22H30N4OS/c1-21(2,3)17-9-8-16(28-17)18-13(12-23)20(24)26(25(6)7)14-10-22(4,5)11-15(27)19(14)18/h8-9,18H,10-11,24H2,1-7H3/t18-/m1/s1.